The Bertz CT molecular complexity index is 924. The van der Waals surface area contributed by atoms with Crippen LogP contribution in [0.4, 0.5) is 4.79 Å². The SMILES string of the molecule is CCCCNC(=O)N(CCCOCC)CC(=O)N(Cc1cccn1Cc1ccccc1)C1CCCCC1. The van der Waals surface area contributed by atoms with E-state index in [4.69, 9.17) is 4.74 Å². The minimum Gasteiger partial charge on any atom is -0.382 e. The Labute approximate surface area is 223 Å². The van der Waals surface area contributed by atoms with Crippen molar-refractivity contribution in [3.63, 3.8) is 0 Å². The molecule has 3 amide bonds. The summed E-state index contributed by atoms with van der Waals surface area (Å²) < 4.78 is 7.72. The summed E-state index contributed by atoms with van der Waals surface area (Å²) in [5, 5.41) is 3.00. The molecule has 0 radical (unpaired) electrons. The van der Waals surface area contributed by atoms with Gasteiger partial charge in [0, 0.05) is 50.8 Å². The van der Waals surface area contributed by atoms with Gasteiger partial charge in [0.2, 0.25) is 5.91 Å². The molecule has 1 saturated carbocycles. The van der Waals surface area contributed by atoms with Gasteiger partial charge in [0.25, 0.3) is 0 Å². The summed E-state index contributed by atoms with van der Waals surface area (Å²) in [5.74, 6) is 0.0291. The molecule has 0 aliphatic heterocycles. The summed E-state index contributed by atoms with van der Waals surface area (Å²) in [4.78, 5) is 30.5. The number of aromatic nitrogens is 1. The molecule has 204 valence electrons. The van der Waals surface area contributed by atoms with Crippen molar-refractivity contribution >= 4 is 11.9 Å². The molecule has 1 aromatic carbocycles. The molecule has 7 nitrogen and oxygen atoms in total. The van der Waals surface area contributed by atoms with Gasteiger partial charge in [-0.25, -0.2) is 4.79 Å². The predicted molar refractivity (Wildman–Crippen MR) is 148 cm³/mol. The number of carbonyl (C=O) groups is 2. The molecule has 0 bridgehead atoms. The van der Waals surface area contributed by atoms with E-state index in [1.54, 1.807) is 4.90 Å². The van der Waals surface area contributed by atoms with Gasteiger partial charge in [-0.3, -0.25) is 4.79 Å². The third-order valence-electron chi connectivity index (χ3n) is 7.13. The number of hydrogen-bond acceptors (Lipinski definition) is 3. The minimum absolute atomic E-state index is 0.0291. The first kappa shape index (κ1) is 28.8. The molecule has 1 heterocycles. The molecule has 2 aromatic rings. The number of nitrogens with zero attached hydrogens (tertiary/aromatic N) is 3. The fraction of sp³-hybridized carbons (Fsp3) is 0.600. The summed E-state index contributed by atoms with van der Waals surface area (Å²) in [7, 11) is 0. The van der Waals surface area contributed by atoms with Gasteiger partial charge >= 0.3 is 6.03 Å². The topological polar surface area (TPSA) is 66.8 Å². The van der Waals surface area contributed by atoms with Crippen LogP contribution in [-0.2, 0) is 22.6 Å². The molecule has 1 aliphatic carbocycles. The van der Waals surface area contributed by atoms with Crippen molar-refractivity contribution in [3.05, 3.63) is 59.9 Å². The van der Waals surface area contributed by atoms with Crippen molar-refractivity contribution in [2.45, 2.75) is 84.3 Å². The van der Waals surface area contributed by atoms with Crippen molar-refractivity contribution in [3.8, 4) is 0 Å². The van der Waals surface area contributed by atoms with Gasteiger partial charge in [-0.15, -0.1) is 0 Å². The number of nitrogens with one attached hydrogen (secondary N) is 1. The average molecular weight is 511 g/mol. The quantitative estimate of drug-likeness (QED) is 0.325. The lowest BCUT2D eigenvalue weighted by Gasteiger charge is -2.36. The fourth-order valence-electron chi connectivity index (χ4n) is 5.01. The maximum Gasteiger partial charge on any atom is 0.317 e. The highest BCUT2D eigenvalue weighted by Crippen LogP contribution is 2.25. The van der Waals surface area contributed by atoms with Crippen LogP contribution in [-0.4, -0.2) is 65.2 Å². The van der Waals surface area contributed by atoms with Crippen LogP contribution in [0.15, 0.2) is 48.7 Å². The van der Waals surface area contributed by atoms with Crippen LogP contribution in [0.2, 0.25) is 0 Å². The highest BCUT2D eigenvalue weighted by molar-refractivity contribution is 5.84. The van der Waals surface area contributed by atoms with Crippen LogP contribution >= 0.6 is 0 Å². The zero-order valence-electron chi connectivity index (χ0n) is 22.9. The van der Waals surface area contributed by atoms with E-state index in [9.17, 15) is 9.59 Å². The van der Waals surface area contributed by atoms with E-state index in [-0.39, 0.29) is 24.5 Å². The minimum atomic E-state index is -0.158. The lowest BCUT2D eigenvalue weighted by atomic mass is 9.94. The molecule has 1 aliphatic rings. The number of hydrogen-bond donors (Lipinski definition) is 1. The summed E-state index contributed by atoms with van der Waals surface area (Å²) in [5.41, 5.74) is 2.36. The number of unbranched alkanes of at least 4 members (excludes halogenated alkanes) is 1. The lowest BCUT2D eigenvalue weighted by molar-refractivity contribution is -0.135. The summed E-state index contributed by atoms with van der Waals surface area (Å²) in [6.07, 6.45) is 10.3. The van der Waals surface area contributed by atoms with Gasteiger partial charge < -0.3 is 24.4 Å². The number of carbonyl (C=O) groups excluding carboxylic acids is 2. The van der Waals surface area contributed by atoms with E-state index in [2.05, 4.69) is 59.4 Å². The number of amides is 3. The van der Waals surface area contributed by atoms with Gasteiger partial charge in [0.15, 0.2) is 0 Å². The van der Waals surface area contributed by atoms with E-state index >= 15 is 0 Å². The molecular weight excluding hydrogens is 464 g/mol. The first-order chi connectivity index (χ1) is 18.1. The third-order valence-corrected chi connectivity index (χ3v) is 7.13. The van der Waals surface area contributed by atoms with Crippen molar-refractivity contribution in [1.29, 1.82) is 0 Å². The van der Waals surface area contributed by atoms with E-state index < -0.39 is 0 Å². The molecule has 0 unspecified atom stereocenters. The molecule has 0 saturated heterocycles. The van der Waals surface area contributed by atoms with Crippen LogP contribution < -0.4 is 5.32 Å². The van der Waals surface area contributed by atoms with Gasteiger partial charge in [0.05, 0.1) is 6.54 Å². The Morgan fingerprint density at radius 2 is 1.81 bits per heavy atom. The second-order valence-corrected chi connectivity index (χ2v) is 9.98. The van der Waals surface area contributed by atoms with Gasteiger partial charge in [0.1, 0.15) is 6.54 Å². The largest absolute Gasteiger partial charge is 0.382 e. The van der Waals surface area contributed by atoms with Crippen LogP contribution in [0.25, 0.3) is 0 Å². The second kappa shape index (κ2) is 16.1. The van der Waals surface area contributed by atoms with Crippen LogP contribution in [0, 0.1) is 0 Å². The highest BCUT2D eigenvalue weighted by Gasteiger charge is 2.28. The summed E-state index contributed by atoms with van der Waals surface area (Å²) in [6, 6.07) is 14.6. The van der Waals surface area contributed by atoms with Gasteiger partial charge in [-0.1, -0.05) is 62.9 Å². The predicted octanol–water partition coefficient (Wildman–Crippen LogP) is 5.44. The molecule has 0 atom stereocenters. The van der Waals surface area contributed by atoms with E-state index in [1.807, 2.05) is 17.9 Å². The first-order valence-corrected chi connectivity index (χ1v) is 14.2. The lowest BCUT2D eigenvalue weighted by Crippen LogP contribution is -2.50. The summed E-state index contributed by atoms with van der Waals surface area (Å²) in [6.45, 7) is 7.88. The highest BCUT2D eigenvalue weighted by atomic mass is 16.5. The van der Waals surface area contributed by atoms with Crippen LogP contribution in [0.3, 0.4) is 0 Å². The van der Waals surface area contributed by atoms with Crippen molar-refractivity contribution in [2.24, 2.45) is 0 Å². The maximum atomic E-state index is 13.8. The molecule has 1 fully saturated rings. The van der Waals surface area contributed by atoms with Crippen molar-refractivity contribution in [2.75, 3.05) is 32.8 Å². The Morgan fingerprint density at radius 1 is 1.03 bits per heavy atom. The van der Waals surface area contributed by atoms with Crippen LogP contribution in [0.1, 0.15) is 76.5 Å². The number of ether oxygens (including phenoxy) is 1. The zero-order valence-corrected chi connectivity index (χ0v) is 22.9. The van der Waals surface area contributed by atoms with Crippen LogP contribution in [0.5, 0.6) is 0 Å². The zero-order chi connectivity index (χ0) is 26.3. The van der Waals surface area contributed by atoms with Crippen molar-refractivity contribution < 1.29 is 14.3 Å². The standard InChI is InChI=1S/C30H46N4O3/c1-3-5-19-31-30(36)33(21-13-22-37-4-2)25-29(35)34(27-16-10-7-11-17-27)24-28-18-12-20-32(28)23-26-14-8-6-9-15-26/h6,8-9,12,14-15,18,20,27H,3-5,7,10-11,13,16-17,19,21-25H2,1-2H3,(H,31,36). The van der Waals surface area contributed by atoms with Gasteiger partial charge in [-0.05, 0) is 50.3 Å². The van der Waals surface area contributed by atoms with Crippen molar-refractivity contribution in [1.82, 2.24) is 19.7 Å². The molecule has 1 aromatic heterocycles. The second-order valence-electron chi connectivity index (χ2n) is 9.98. The number of urea groups is 1. The molecule has 1 N–H and O–H groups in total. The fourth-order valence-corrected chi connectivity index (χ4v) is 5.01. The Hall–Kier alpha value is -2.80. The Morgan fingerprint density at radius 3 is 2.54 bits per heavy atom. The Balaban J connectivity index is 1.73. The molecule has 3 rings (SSSR count). The van der Waals surface area contributed by atoms with E-state index in [1.165, 1.54) is 12.0 Å². The summed E-state index contributed by atoms with van der Waals surface area (Å²) >= 11 is 0. The van der Waals surface area contributed by atoms with Gasteiger partial charge in [-0.2, -0.15) is 0 Å². The number of benzene rings is 1. The maximum absolute atomic E-state index is 13.8. The first-order valence-electron chi connectivity index (χ1n) is 14.2. The van der Waals surface area contributed by atoms with E-state index in [0.717, 1.165) is 50.8 Å². The molecule has 37 heavy (non-hydrogen) atoms. The monoisotopic (exact) mass is 510 g/mol. The van der Waals surface area contributed by atoms with E-state index in [0.29, 0.717) is 39.3 Å². The Kier molecular flexibility index (Phi) is 12.5. The number of rotatable bonds is 15. The molecule has 7 heteroatoms. The smallest absolute Gasteiger partial charge is 0.317 e. The molecule has 0 spiro atoms. The average Bonchev–Trinajstić information content (AvgIpc) is 3.36. The third kappa shape index (κ3) is 9.54. The molecular formula is C30H46N4O3. The normalized spacial score (nSPS) is 13.9.